The molecule has 1 unspecified atom stereocenters. The number of hydrogen-bond acceptors (Lipinski definition) is 2. The summed E-state index contributed by atoms with van der Waals surface area (Å²) in [5, 5.41) is 15.1. The highest BCUT2D eigenvalue weighted by Gasteiger charge is 2.24. The van der Waals surface area contributed by atoms with E-state index in [0.717, 1.165) is 11.3 Å². The second kappa shape index (κ2) is 5.17. The van der Waals surface area contributed by atoms with E-state index < -0.39 is 5.60 Å². The third-order valence-electron chi connectivity index (χ3n) is 3.39. The average Bonchev–Trinajstić information content (AvgIpc) is 2.77. The predicted molar refractivity (Wildman–Crippen MR) is 77.1 cm³/mol. The maximum atomic E-state index is 10.6. The first-order valence-electron chi connectivity index (χ1n) is 6.72. The van der Waals surface area contributed by atoms with Crippen LogP contribution in [0.15, 0.2) is 36.5 Å². The smallest absolute Gasteiger partial charge is 0.0924 e. The topological polar surface area (TPSA) is 38.0 Å². The zero-order valence-electron chi connectivity index (χ0n) is 12.1. The molecular formula is C16H22N2O. The Labute approximate surface area is 114 Å². The van der Waals surface area contributed by atoms with Crippen molar-refractivity contribution in [1.29, 1.82) is 0 Å². The first-order chi connectivity index (χ1) is 8.88. The van der Waals surface area contributed by atoms with Crippen molar-refractivity contribution in [3.63, 3.8) is 0 Å². The Kier molecular flexibility index (Phi) is 3.76. The van der Waals surface area contributed by atoms with Crippen molar-refractivity contribution in [3.05, 3.63) is 53.3 Å². The minimum absolute atomic E-state index is 0.345. The third kappa shape index (κ3) is 3.24. The standard InChI is InChI=1S/C16H22N2O/c1-12(2)18-10-9-15(17-18)11-16(4,19)14-7-5-13(3)6-8-14/h5-10,12,19H,11H2,1-4H3. The highest BCUT2D eigenvalue weighted by Crippen LogP contribution is 2.25. The van der Waals surface area contributed by atoms with Gasteiger partial charge in [0.05, 0.1) is 11.3 Å². The molecule has 2 aromatic rings. The monoisotopic (exact) mass is 258 g/mol. The number of hydrogen-bond donors (Lipinski definition) is 1. The van der Waals surface area contributed by atoms with Gasteiger partial charge in [0.1, 0.15) is 0 Å². The zero-order valence-corrected chi connectivity index (χ0v) is 12.1. The van der Waals surface area contributed by atoms with Crippen LogP contribution < -0.4 is 0 Å². The van der Waals surface area contributed by atoms with Gasteiger partial charge in [-0.25, -0.2) is 0 Å². The van der Waals surface area contributed by atoms with Gasteiger partial charge in [0, 0.05) is 18.7 Å². The van der Waals surface area contributed by atoms with Crippen molar-refractivity contribution in [1.82, 2.24) is 9.78 Å². The first kappa shape index (κ1) is 13.8. The lowest BCUT2D eigenvalue weighted by molar-refractivity contribution is 0.0564. The SMILES string of the molecule is Cc1ccc(C(C)(O)Cc2ccn(C(C)C)n2)cc1. The molecule has 1 N–H and O–H groups in total. The zero-order chi connectivity index (χ0) is 14.0. The summed E-state index contributed by atoms with van der Waals surface area (Å²) >= 11 is 0. The van der Waals surface area contributed by atoms with E-state index in [0.29, 0.717) is 12.5 Å². The molecule has 0 saturated carbocycles. The maximum Gasteiger partial charge on any atom is 0.0924 e. The molecule has 1 atom stereocenters. The van der Waals surface area contributed by atoms with Gasteiger partial charge in [-0.15, -0.1) is 0 Å². The quantitative estimate of drug-likeness (QED) is 0.914. The molecule has 2 rings (SSSR count). The molecular weight excluding hydrogens is 236 g/mol. The van der Waals surface area contributed by atoms with Gasteiger partial charge in [-0.1, -0.05) is 29.8 Å². The highest BCUT2D eigenvalue weighted by atomic mass is 16.3. The fraction of sp³-hybridized carbons (Fsp3) is 0.438. The Morgan fingerprint density at radius 2 is 1.84 bits per heavy atom. The molecule has 0 aliphatic carbocycles. The lowest BCUT2D eigenvalue weighted by Gasteiger charge is -2.23. The van der Waals surface area contributed by atoms with Crippen LogP contribution in [0.25, 0.3) is 0 Å². The summed E-state index contributed by atoms with van der Waals surface area (Å²) < 4.78 is 1.92. The summed E-state index contributed by atoms with van der Waals surface area (Å²) in [6.07, 6.45) is 2.49. The van der Waals surface area contributed by atoms with Gasteiger partial charge < -0.3 is 5.11 Å². The second-order valence-electron chi connectivity index (χ2n) is 5.70. The van der Waals surface area contributed by atoms with Gasteiger partial charge in [0.15, 0.2) is 0 Å². The maximum absolute atomic E-state index is 10.6. The fourth-order valence-corrected chi connectivity index (χ4v) is 2.13. The van der Waals surface area contributed by atoms with E-state index in [1.54, 1.807) is 0 Å². The number of rotatable bonds is 4. The van der Waals surface area contributed by atoms with Crippen LogP contribution in [-0.2, 0) is 12.0 Å². The van der Waals surface area contributed by atoms with Crippen LogP contribution in [0.3, 0.4) is 0 Å². The summed E-state index contributed by atoms with van der Waals surface area (Å²) in [5.41, 5.74) is 2.16. The van der Waals surface area contributed by atoms with Crippen LogP contribution in [0, 0.1) is 6.92 Å². The van der Waals surface area contributed by atoms with Gasteiger partial charge in [-0.3, -0.25) is 4.68 Å². The number of aryl methyl sites for hydroxylation is 1. The van der Waals surface area contributed by atoms with Gasteiger partial charge >= 0.3 is 0 Å². The molecule has 0 amide bonds. The second-order valence-corrected chi connectivity index (χ2v) is 5.70. The third-order valence-corrected chi connectivity index (χ3v) is 3.39. The van der Waals surface area contributed by atoms with E-state index >= 15 is 0 Å². The van der Waals surface area contributed by atoms with Crippen LogP contribution in [-0.4, -0.2) is 14.9 Å². The number of benzene rings is 1. The minimum Gasteiger partial charge on any atom is -0.385 e. The van der Waals surface area contributed by atoms with Gasteiger partial charge in [-0.05, 0) is 39.3 Å². The Balaban J connectivity index is 2.17. The molecule has 1 heterocycles. The lowest BCUT2D eigenvalue weighted by Crippen LogP contribution is -2.24. The molecule has 0 bridgehead atoms. The fourth-order valence-electron chi connectivity index (χ4n) is 2.13. The largest absolute Gasteiger partial charge is 0.385 e. The molecule has 1 aromatic carbocycles. The van der Waals surface area contributed by atoms with Gasteiger partial charge in [-0.2, -0.15) is 5.10 Å². The van der Waals surface area contributed by atoms with E-state index in [4.69, 9.17) is 0 Å². The molecule has 0 aliphatic heterocycles. The molecule has 0 aliphatic rings. The molecule has 102 valence electrons. The van der Waals surface area contributed by atoms with E-state index in [2.05, 4.69) is 18.9 Å². The molecule has 3 nitrogen and oxygen atoms in total. The number of nitrogens with zero attached hydrogens (tertiary/aromatic N) is 2. The normalized spacial score (nSPS) is 14.6. The Bertz CT molecular complexity index is 538. The van der Waals surface area contributed by atoms with Gasteiger partial charge in [0.2, 0.25) is 0 Å². The van der Waals surface area contributed by atoms with Crippen molar-refractivity contribution in [3.8, 4) is 0 Å². The minimum atomic E-state index is -0.885. The van der Waals surface area contributed by atoms with Crippen LogP contribution >= 0.6 is 0 Å². The van der Waals surface area contributed by atoms with E-state index in [1.165, 1.54) is 5.56 Å². The Morgan fingerprint density at radius 3 is 2.37 bits per heavy atom. The van der Waals surface area contributed by atoms with Crippen LogP contribution in [0.4, 0.5) is 0 Å². The molecule has 3 heteroatoms. The summed E-state index contributed by atoms with van der Waals surface area (Å²) in [7, 11) is 0. The number of aliphatic hydroxyl groups is 1. The van der Waals surface area contributed by atoms with Crippen molar-refractivity contribution < 1.29 is 5.11 Å². The van der Waals surface area contributed by atoms with E-state index in [1.807, 2.05) is 55.1 Å². The van der Waals surface area contributed by atoms with Crippen molar-refractivity contribution >= 4 is 0 Å². The first-order valence-corrected chi connectivity index (χ1v) is 6.72. The van der Waals surface area contributed by atoms with Crippen LogP contribution in [0.1, 0.15) is 43.6 Å². The summed E-state index contributed by atoms with van der Waals surface area (Å²) in [4.78, 5) is 0. The Morgan fingerprint density at radius 1 is 1.21 bits per heavy atom. The lowest BCUT2D eigenvalue weighted by atomic mass is 9.91. The van der Waals surface area contributed by atoms with Crippen LogP contribution in [0.2, 0.25) is 0 Å². The number of aromatic nitrogens is 2. The van der Waals surface area contributed by atoms with Gasteiger partial charge in [0.25, 0.3) is 0 Å². The van der Waals surface area contributed by atoms with E-state index in [9.17, 15) is 5.11 Å². The molecule has 1 aromatic heterocycles. The molecule has 0 fully saturated rings. The van der Waals surface area contributed by atoms with Crippen LogP contribution in [0.5, 0.6) is 0 Å². The molecule has 0 saturated heterocycles. The summed E-state index contributed by atoms with van der Waals surface area (Å²) in [6.45, 7) is 8.07. The molecule has 19 heavy (non-hydrogen) atoms. The van der Waals surface area contributed by atoms with Crippen molar-refractivity contribution in [2.45, 2.75) is 45.8 Å². The van der Waals surface area contributed by atoms with Crippen molar-refractivity contribution in [2.75, 3.05) is 0 Å². The molecule has 0 spiro atoms. The predicted octanol–water partition coefficient (Wildman–Crippen LogP) is 3.22. The summed E-state index contributed by atoms with van der Waals surface area (Å²) in [6, 6.07) is 10.3. The van der Waals surface area contributed by atoms with Crippen molar-refractivity contribution in [2.24, 2.45) is 0 Å². The highest BCUT2D eigenvalue weighted by molar-refractivity contribution is 5.27. The average molecular weight is 258 g/mol. The Hall–Kier alpha value is -1.61. The molecule has 0 radical (unpaired) electrons. The van der Waals surface area contributed by atoms with E-state index in [-0.39, 0.29) is 0 Å². The summed E-state index contributed by atoms with van der Waals surface area (Å²) in [5.74, 6) is 0.